The first-order valence-electron chi connectivity index (χ1n) is 7.45. The Hall–Kier alpha value is -2.23. The summed E-state index contributed by atoms with van der Waals surface area (Å²) in [7, 11) is -1.74. The number of carbonyl (C=O) groups is 1. The van der Waals surface area contributed by atoms with Crippen LogP contribution in [0.4, 0.5) is 8.78 Å². The molecular formula is C15H18F2N2O5S. The Morgan fingerprint density at radius 2 is 2.24 bits per heavy atom. The number of halogens is 2. The summed E-state index contributed by atoms with van der Waals surface area (Å²) < 4.78 is 57.1. The number of hydrazone groups is 1. The van der Waals surface area contributed by atoms with Gasteiger partial charge in [-0.25, -0.2) is 13.8 Å². The molecule has 0 aromatic heterocycles. The molecule has 1 amide bonds. The van der Waals surface area contributed by atoms with Gasteiger partial charge in [-0.2, -0.15) is 13.9 Å². The van der Waals surface area contributed by atoms with Gasteiger partial charge in [-0.3, -0.25) is 4.79 Å². The van der Waals surface area contributed by atoms with Crippen LogP contribution in [0.3, 0.4) is 0 Å². The Morgan fingerprint density at radius 1 is 1.48 bits per heavy atom. The second-order valence-corrected chi connectivity index (χ2v) is 7.75. The Labute approximate surface area is 143 Å². The monoisotopic (exact) mass is 376 g/mol. The molecule has 1 saturated heterocycles. The van der Waals surface area contributed by atoms with Crippen LogP contribution in [-0.2, 0) is 14.6 Å². The van der Waals surface area contributed by atoms with Crippen molar-refractivity contribution >= 4 is 22.0 Å². The maximum atomic E-state index is 12.5. The van der Waals surface area contributed by atoms with E-state index in [0.29, 0.717) is 6.42 Å². The first-order valence-corrected chi connectivity index (χ1v) is 9.27. The number of rotatable bonds is 7. The molecule has 0 bridgehead atoms. The molecule has 1 fully saturated rings. The van der Waals surface area contributed by atoms with Crippen molar-refractivity contribution in [1.29, 1.82) is 0 Å². The molecule has 2 rings (SSSR count). The number of para-hydroxylation sites is 1. The zero-order valence-electron chi connectivity index (χ0n) is 13.4. The zero-order chi connectivity index (χ0) is 18.4. The van der Waals surface area contributed by atoms with E-state index in [1.54, 1.807) is 6.07 Å². The minimum atomic E-state index is -3.05. The number of nitrogens with one attached hydrogen (secondary N) is 1. The van der Waals surface area contributed by atoms with Crippen LogP contribution >= 0.6 is 0 Å². The predicted molar refractivity (Wildman–Crippen MR) is 86.7 cm³/mol. The number of amides is 1. The number of hydrogen-bond acceptors (Lipinski definition) is 6. The average molecular weight is 376 g/mol. The third kappa shape index (κ3) is 5.66. The van der Waals surface area contributed by atoms with Gasteiger partial charge < -0.3 is 9.47 Å². The molecule has 1 N–H and O–H groups in total. The van der Waals surface area contributed by atoms with Crippen molar-refractivity contribution in [3.05, 3.63) is 23.8 Å². The lowest BCUT2D eigenvalue weighted by molar-refractivity contribution is -0.121. The molecule has 0 aliphatic carbocycles. The van der Waals surface area contributed by atoms with E-state index in [4.69, 9.17) is 4.74 Å². The molecule has 0 unspecified atom stereocenters. The summed E-state index contributed by atoms with van der Waals surface area (Å²) in [5.41, 5.74) is 2.45. The highest BCUT2D eigenvalue weighted by atomic mass is 32.2. The number of nitrogens with zero attached hydrogens (tertiary/aromatic N) is 1. The number of sulfone groups is 1. The highest BCUT2D eigenvalue weighted by molar-refractivity contribution is 7.91. The normalized spacial score (nSPS) is 19.3. The van der Waals surface area contributed by atoms with E-state index in [1.165, 1.54) is 19.2 Å². The third-order valence-electron chi connectivity index (χ3n) is 3.63. The van der Waals surface area contributed by atoms with Gasteiger partial charge in [0.1, 0.15) is 0 Å². The fourth-order valence-corrected chi connectivity index (χ4v) is 4.39. The number of carbonyl (C=O) groups excluding carboxylic acids is 1. The topological polar surface area (TPSA) is 94.1 Å². The van der Waals surface area contributed by atoms with Gasteiger partial charge in [-0.05, 0) is 24.5 Å². The molecule has 138 valence electrons. The summed E-state index contributed by atoms with van der Waals surface area (Å²) in [6.07, 6.45) is 1.64. The highest BCUT2D eigenvalue weighted by Crippen LogP contribution is 2.31. The number of benzene rings is 1. The summed E-state index contributed by atoms with van der Waals surface area (Å²) in [5.74, 6) is -0.683. The Bertz CT molecular complexity index is 752. The molecule has 0 saturated carbocycles. The predicted octanol–water partition coefficient (Wildman–Crippen LogP) is 1.57. The quantitative estimate of drug-likeness (QED) is 0.576. The molecule has 10 heteroatoms. The van der Waals surface area contributed by atoms with E-state index < -0.39 is 22.4 Å². The van der Waals surface area contributed by atoms with E-state index in [-0.39, 0.29) is 40.9 Å². The van der Waals surface area contributed by atoms with Crippen LogP contribution in [0.5, 0.6) is 11.5 Å². The van der Waals surface area contributed by atoms with Gasteiger partial charge in [0.2, 0.25) is 5.91 Å². The average Bonchev–Trinajstić information content (AvgIpc) is 2.86. The zero-order valence-corrected chi connectivity index (χ0v) is 14.3. The van der Waals surface area contributed by atoms with Crippen LogP contribution in [-0.4, -0.2) is 45.8 Å². The van der Waals surface area contributed by atoms with Gasteiger partial charge >= 0.3 is 6.61 Å². The summed E-state index contributed by atoms with van der Waals surface area (Å²) >= 11 is 0. The van der Waals surface area contributed by atoms with Crippen molar-refractivity contribution in [2.24, 2.45) is 11.0 Å². The minimum absolute atomic E-state index is 0.00754. The molecule has 0 radical (unpaired) electrons. The number of ether oxygens (including phenoxy) is 2. The highest BCUT2D eigenvalue weighted by Gasteiger charge is 2.29. The summed E-state index contributed by atoms with van der Waals surface area (Å²) in [6.45, 7) is -3.04. The second-order valence-electron chi connectivity index (χ2n) is 5.52. The fourth-order valence-electron chi connectivity index (χ4n) is 2.53. The van der Waals surface area contributed by atoms with Gasteiger partial charge in [0, 0.05) is 12.0 Å². The maximum Gasteiger partial charge on any atom is 0.387 e. The van der Waals surface area contributed by atoms with E-state index in [0.717, 1.165) is 6.21 Å². The molecule has 7 nitrogen and oxygen atoms in total. The SMILES string of the molecule is COc1cccc(/C=N\NC(=O)C[C@H]2CCS(=O)(=O)C2)c1OC(F)F. The van der Waals surface area contributed by atoms with Gasteiger partial charge in [0.15, 0.2) is 21.3 Å². The molecule has 1 heterocycles. The Kier molecular flexibility index (Phi) is 6.29. The molecule has 1 aliphatic rings. The lowest BCUT2D eigenvalue weighted by Crippen LogP contribution is -2.21. The van der Waals surface area contributed by atoms with Gasteiger partial charge in [-0.15, -0.1) is 0 Å². The first-order chi connectivity index (χ1) is 11.8. The fraction of sp³-hybridized carbons (Fsp3) is 0.467. The molecule has 1 aromatic rings. The van der Waals surface area contributed by atoms with Gasteiger partial charge in [0.05, 0.1) is 24.8 Å². The largest absolute Gasteiger partial charge is 0.493 e. The Morgan fingerprint density at radius 3 is 2.84 bits per heavy atom. The van der Waals surface area contributed by atoms with Gasteiger partial charge in [0.25, 0.3) is 0 Å². The standard InChI is InChI=1S/C15H18F2N2O5S/c1-23-12-4-2-3-11(14(12)24-15(16)17)8-18-19-13(20)7-10-5-6-25(21,22)9-10/h2-4,8,10,15H,5-7,9H2,1H3,(H,19,20)/b18-8-/t10-/m1/s1. The van der Waals surface area contributed by atoms with Crippen molar-refractivity contribution < 1.29 is 31.5 Å². The van der Waals surface area contributed by atoms with Crippen molar-refractivity contribution in [2.45, 2.75) is 19.5 Å². The maximum absolute atomic E-state index is 12.5. The molecule has 25 heavy (non-hydrogen) atoms. The smallest absolute Gasteiger partial charge is 0.387 e. The third-order valence-corrected chi connectivity index (χ3v) is 5.47. The van der Waals surface area contributed by atoms with E-state index >= 15 is 0 Å². The van der Waals surface area contributed by atoms with E-state index in [1.807, 2.05) is 0 Å². The van der Waals surface area contributed by atoms with Crippen LogP contribution in [0.1, 0.15) is 18.4 Å². The Balaban J connectivity index is 1.98. The van der Waals surface area contributed by atoms with Gasteiger partial charge in [-0.1, -0.05) is 6.07 Å². The lowest BCUT2D eigenvalue weighted by atomic mass is 10.1. The summed E-state index contributed by atoms with van der Waals surface area (Å²) in [5, 5.41) is 3.71. The van der Waals surface area contributed by atoms with E-state index in [2.05, 4.69) is 15.3 Å². The van der Waals surface area contributed by atoms with E-state index in [9.17, 15) is 22.0 Å². The molecular weight excluding hydrogens is 358 g/mol. The second kappa shape index (κ2) is 8.24. The van der Waals surface area contributed by atoms with Crippen molar-refractivity contribution in [3.63, 3.8) is 0 Å². The summed E-state index contributed by atoms with van der Waals surface area (Å²) in [6, 6.07) is 4.48. The van der Waals surface area contributed by atoms with Crippen LogP contribution in [0.2, 0.25) is 0 Å². The molecule has 0 spiro atoms. The van der Waals surface area contributed by atoms with Crippen LogP contribution in [0.25, 0.3) is 0 Å². The molecule has 1 aliphatic heterocycles. The number of hydrogen-bond donors (Lipinski definition) is 1. The minimum Gasteiger partial charge on any atom is -0.493 e. The lowest BCUT2D eigenvalue weighted by Gasteiger charge is -2.12. The van der Waals surface area contributed by atoms with Crippen molar-refractivity contribution in [2.75, 3.05) is 18.6 Å². The number of alkyl halides is 2. The molecule has 1 atom stereocenters. The van der Waals surface area contributed by atoms with Crippen molar-refractivity contribution in [3.8, 4) is 11.5 Å². The first kappa shape index (κ1) is 19.1. The van der Waals surface area contributed by atoms with Crippen LogP contribution < -0.4 is 14.9 Å². The summed E-state index contributed by atoms with van der Waals surface area (Å²) in [4.78, 5) is 11.8. The molecule has 1 aromatic carbocycles. The van der Waals surface area contributed by atoms with Crippen LogP contribution in [0, 0.1) is 5.92 Å². The number of methoxy groups -OCH3 is 1. The van der Waals surface area contributed by atoms with Crippen LogP contribution in [0.15, 0.2) is 23.3 Å². The van der Waals surface area contributed by atoms with Crippen molar-refractivity contribution in [1.82, 2.24) is 5.43 Å².